The van der Waals surface area contributed by atoms with Gasteiger partial charge in [0.1, 0.15) is 5.75 Å². The van der Waals surface area contributed by atoms with Crippen LogP contribution in [0.15, 0.2) is 53.9 Å². The third-order valence-electron chi connectivity index (χ3n) is 2.78. The van der Waals surface area contributed by atoms with Gasteiger partial charge in [-0.3, -0.25) is 20.2 Å². The Bertz CT molecular complexity index is 908. The summed E-state index contributed by atoms with van der Waals surface area (Å²) in [5, 5.41) is 22.3. The number of hydrogen-bond acceptors (Lipinski definition) is 7. The van der Waals surface area contributed by atoms with Gasteiger partial charge in [-0.05, 0) is 17.7 Å². The van der Waals surface area contributed by atoms with Crippen molar-refractivity contribution in [3.8, 4) is 5.75 Å². The minimum Gasteiger partial charge on any atom is -0.379 e. The summed E-state index contributed by atoms with van der Waals surface area (Å²) >= 11 is 0. The van der Waals surface area contributed by atoms with Gasteiger partial charge in [0.25, 0.3) is 0 Å². The standard InChI is InChI=1S/C14H10N2O7S/c17-15(18)13-7-6-12(10-14(13)16(19)20)23-24(21,22)9-8-11-4-2-1-3-5-11/h1-10H/b9-8+. The van der Waals surface area contributed by atoms with E-state index >= 15 is 0 Å². The molecule has 0 radical (unpaired) electrons. The molecule has 0 aliphatic rings. The summed E-state index contributed by atoms with van der Waals surface area (Å²) in [6, 6.07) is 11.0. The van der Waals surface area contributed by atoms with Crippen LogP contribution in [0.2, 0.25) is 0 Å². The molecule has 0 spiro atoms. The smallest absolute Gasteiger partial charge is 0.349 e. The Morgan fingerprint density at radius 3 is 2.12 bits per heavy atom. The molecule has 0 saturated carbocycles. The Morgan fingerprint density at radius 1 is 0.917 bits per heavy atom. The van der Waals surface area contributed by atoms with Crippen LogP contribution in [0.1, 0.15) is 5.56 Å². The lowest BCUT2D eigenvalue weighted by Crippen LogP contribution is -2.06. The molecule has 2 rings (SSSR count). The van der Waals surface area contributed by atoms with Gasteiger partial charge in [-0.15, -0.1) is 0 Å². The Balaban J connectivity index is 2.27. The van der Waals surface area contributed by atoms with Crippen LogP contribution in [0.3, 0.4) is 0 Å². The van der Waals surface area contributed by atoms with Gasteiger partial charge in [0.05, 0.1) is 21.3 Å². The van der Waals surface area contributed by atoms with E-state index in [0.29, 0.717) is 11.6 Å². The summed E-state index contributed by atoms with van der Waals surface area (Å²) in [5.74, 6) is -0.398. The molecule has 0 atom stereocenters. The molecule has 0 N–H and O–H groups in total. The molecule has 0 saturated heterocycles. The van der Waals surface area contributed by atoms with Crippen LogP contribution in [0.5, 0.6) is 5.75 Å². The summed E-state index contributed by atoms with van der Waals surface area (Å²) in [6.07, 6.45) is 1.29. The highest BCUT2D eigenvalue weighted by atomic mass is 32.2. The van der Waals surface area contributed by atoms with Crippen molar-refractivity contribution in [2.75, 3.05) is 0 Å². The van der Waals surface area contributed by atoms with Crippen molar-refractivity contribution in [3.63, 3.8) is 0 Å². The zero-order chi connectivity index (χ0) is 17.7. The van der Waals surface area contributed by atoms with E-state index in [2.05, 4.69) is 0 Å². The van der Waals surface area contributed by atoms with Gasteiger partial charge < -0.3 is 4.18 Å². The van der Waals surface area contributed by atoms with Crippen LogP contribution >= 0.6 is 0 Å². The maximum Gasteiger partial charge on any atom is 0.349 e. The first-order valence-corrected chi connectivity index (χ1v) is 7.86. The number of nitro groups is 2. The maximum absolute atomic E-state index is 11.9. The highest BCUT2D eigenvalue weighted by molar-refractivity contribution is 7.90. The van der Waals surface area contributed by atoms with E-state index in [1.807, 2.05) is 0 Å². The lowest BCUT2D eigenvalue weighted by atomic mass is 10.2. The van der Waals surface area contributed by atoms with Crippen molar-refractivity contribution >= 4 is 27.6 Å². The van der Waals surface area contributed by atoms with Gasteiger partial charge in [0, 0.05) is 6.07 Å². The number of rotatable bonds is 6. The highest BCUT2D eigenvalue weighted by Crippen LogP contribution is 2.31. The highest BCUT2D eigenvalue weighted by Gasteiger charge is 2.25. The SMILES string of the molecule is O=[N+]([O-])c1ccc(OS(=O)(=O)/C=C/c2ccccc2)cc1[N+](=O)[O-]. The Kier molecular flexibility index (Phi) is 4.90. The van der Waals surface area contributed by atoms with E-state index in [4.69, 9.17) is 4.18 Å². The molecule has 0 aliphatic carbocycles. The molecule has 24 heavy (non-hydrogen) atoms. The minimum absolute atomic E-state index is 0.398. The second-order valence-corrected chi connectivity index (χ2v) is 5.88. The average Bonchev–Trinajstić information content (AvgIpc) is 2.53. The summed E-state index contributed by atoms with van der Waals surface area (Å²) in [6.45, 7) is 0. The number of hydrogen-bond donors (Lipinski definition) is 0. The van der Waals surface area contributed by atoms with Crippen LogP contribution in [-0.4, -0.2) is 18.3 Å². The van der Waals surface area contributed by atoms with Crippen molar-refractivity contribution in [3.05, 3.63) is 79.7 Å². The second kappa shape index (κ2) is 6.87. The van der Waals surface area contributed by atoms with Crippen LogP contribution in [0.25, 0.3) is 6.08 Å². The fourth-order valence-electron chi connectivity index (χ4n) is 1.74. The van der Waals surface area contributed by atoms with Crippen molar-refractivity contribution in [2.24, 2.45) is 0 Å². The predicted molar refractivity (Wildman–Crippen MR) is 84.8 cm³/mol. The molecule has 10 heteroatoms. The number of nitro benzene ring substituents is 2. The predicted octanol–water partition coefficient (Wildman–Crippen LogP) is 2.88. The van der Waals surface area contributed by atoms with Crippen LogP contribution in [-0.2, 0) is 10.1 Å². The molecule has 0 heterocycles. The molecular formula is C14H10N2O7S. The average molecular weight is 350 g/mol. The summed E-state index contributed by atoms with van der Waals surface area (Å²) in [4.78, 5) is 19.6. The summed E-state index contributed by atoms with van der Waals surface area (Å²) in [7, 11) is -4.18. The zero-order valence-corrected chi connectivity index (χ0v) is 12.8. The molecule has 124 valence electrons. The Morgan fingerprint density at radius 2 is 1.54 bits per heavy atom. The van der Waals surface area contributed by atoms with E-state index in [-0.39, 0.29) is 0 Å². The van der Waals surface area contributed by atoms with Crippen molar-refractivity contribution in [1.29, 1.82) is 0 Å². The third kappa shape index (κ3) is 4.36. The zero-order valence-electron chi connectivity index (χ0n) is 11.9. The van der Waals surface area contributed by atoms with E-state index < -0.39 is 37.1 Å². The third-order valence-corrected chi connectivity index (χ3v) is 3.67. The van der Waals surface area contributed by atoms with E-state index in [1.165, 1.54) is 6.08 Å². The molecular weight excluding hydrogens is 340 g/mol. The first-order valence-electron chi connectivity index (χ1n) is 6.39. The topological polar surface area (TPSA) is 130 Å². The van der Waals surface area contributed by atoms with Crippen molar-refractivity contribution < 1.29 is 22.4 Å². The molecule has 0 aliphatic heterocycles. The van der Waals surface area contributed by atoms with Crippen LogP contribution < -0.4 is 4.18 Å². The minimum atomic E-state index is -4.18. The summed E-state index contributed by atoms with van der Waals surface area (Å²) in [5.41, 5.74) is -1.01. The molecule has 0 amide bonds. The monoisotopic (exact) mass is 350 g/mol. The summed E-state index contributed by atoms with van der Waals surface area (Å²) < 4.78 is 28.4. The van der Waals surface area contributed by atoms with Gasteiger partial charge in [0.15, 0.2) is 0 Å². The molecule has 2 aromatic rings. The fraction of sp³-hybridized carbons (Fsp3) is 0. The van der Waals surface area contributed by atoms with Gasteiger partial charge in [-0.1, -0.05) is 30.3 Å². The van der Waals surface area contributed by atoms with Crippen molar-refractivity contribution in [2.45, 2.75) is 0 Å². The molecule has 2 aromatic carbocycles. The number of benzene rings is 2. The van der Waals surface area contributed by atoms with Gasteiger partial charge in [-0.25, -0.2) is 0 Å². The fourth-order valence-corrected chi connectivity index (χ4v) is 2.49. The van der Waals surface area contributed by atoms with E-state index in [1.54, 1.807) is 30.3 Å². The number of nitrogens with zero attached hydrogens (tertiary/aromatic N) is 2. The molecule has 0 bridgehead atoms. The maximum atomic E-state index is 11.9. The lowest BCUT2D eigenvalue weighted by Gasteiger charge is -2.03. The second-order valence-electron chi connectivity index (χ2n) is 4.45. The molecule has 9 nitrogen and oxygen atoms in total. The molecule has 0 fully saturated rings. The van der Waals surface area contributed by atoms with Crippen LogP contribution in [0, 0.1) is 20.2 Å². The van der Waals surface area contributed by atoms with E-state index in [0.717, 1.165) is 17.5 Å². The van der Waals surface area contributed by atoms with Crippen LogP contribution in [0.4, 0.5) is 11.4 Å². The van der Waals surface area contributed by atoms with Gasteiger partial charge in [0.2, 0.25) is 0 Å². The van der Waals surface area contributed by atoms with Gasteiger partial charge in [-0.2, -0.15) is 8.42 Å². The normalized spacial score (nSPS) is 11.3. The molecule has 0 unspecified atom stereocenters. The van der Waals surface area contributed by atoms with E-state index in [9.17, 15) is 28.6 Å². The largest absolute Gasteiger partial charge is 0.379 e. The Hall–Kier alpha value is -3.27. The lowest BCUT2D eigenvalue weighted by molar-refractivity contribution is -0.422. The quantitative estimate of drug-likeness (QED) is 0.445. The van der Waals surface area contributed by atoms with Gasteiger partial charge >= 0.3 is 21.5 Å². The first kappa shape index (κ1) is 17.1. The first-order chi connectivity index (χ1) is 11.3. The molecule has 0 aromatic heterocycles. The van der Waals surface area contributed by atoms with Crippen molar-refractivity contribution in [1.82, 2.24) is 0 Å². The Labute approximate surface area is 136 Å².